The Balaban J connectivity index is 2.09. The molecule has 2 rings (SSSR count). The van der Waals surface area contributed by atoms with Crippen molar-refractivity contribution in [1.29, 1.82) is 0 Å². The molecule has 1 atom stereocenters. The standard InChI is InChI=1S/C18H28N2O4/c1-12-10-15(13(2)24-12)17(4,23)11-19-16(22)18(20-14(3)21)8-6-5-7-9-18/h10,23H,5-9,11H2,1-4H3,(H,19,22)(H,20,21). The Morgan fingerprint density at radius 1 is 1.29 bits per heavy atom. The maximum atomic E-state index is 12.8. The van der Waals surface area contributed by atoms with Crippen molar-refractivity contribution < 1.29 is 19.1 Å². The molecular formula is C18H28N2O4. The number of hydrogen-bond acceptors (Lipinski definition) is 4. The van der Waals surface area contributed by atoms with E-state index in [4.69, 9.17) is 4.42 Å². The van der Waals surface area contributed by atoms with Crippen LogP contribution in [-0.4, -0.2) is 29.0 Å². The van der Waals surface area contributed by atoms with E-state index in [0.717, 1.165) is 25.0 Å². The van der Waals surface area contributed by atoms with Gasteiger partial charge in [0, 0.05) is 12.5 Å². The summed E-state index contributed by atoms with van der Waals surface area (Å²) < 4.78 is 5.47. The topological polar surface area (TPSA) is 91.6 Å². The van der Waals surface area contributed by atoms with E-state index in [2.05, 4.69) is 10.6 Å². The van der Waals surface area contributed by atoms with E-state index in [0.29, 0.717) is 24.2 Å². The molecule has 6 nitrogen and oxygen atoms in total. The van der Waals surface area contributed by atoms with Gasteiger partial charge in [-0.15, -0.1) is 0 Å². The fourth-order valence-corrected chi connectivity index (χ4v) is 3.58. The van der Waals surface area contributed by atoms with Gasteiger partial charge in [-0.05, 0) is 39.7 Å². The number of nitrogens with one attached hydrogen (secondary N) is 2. The van der Waals surface area contributed by atoms with Gasteiger partial charge in [-0.3, -0.25) is 9.59 Å². The molecule has 1 aliphatic carbocycles. The van der Waals surface area contributed by atoms with Crippen molar-refractivity contribution in [2.75, 3.05) is 6.54 Å². The van der Waals surface area contributed by atoms with Gasteiger partial charge in [0.25, 0.3) is 0 Å². The lowest BCUT2D eigenvalue weighted by Gasteiger charge is -2.37. The number of carbonyl (C=O) groups is 2. The van der Waals surface area contributed by atoms with E-state index in [-0.39, 0.29) is 18.4 Å². The first-order valence-electron chi connectivity index (χ1n) is 8.53. The van der Waals surface area contributed by atoms with Crippen molar-refractivity contribution >= 4 is 11.8 Å². The molecule has 6 heteroatoms. The predicted molar refractivity (Wildman–Crippen MR) is 90.4 cm³/mol. The van der Waals surface area contributed by atoms with Gasteiger partial charge >= 0.3 is 0 Å². The second-order valence-electron chi connectivity index (χ2n) is 7.11. The van der Waals surface area contributed by atoms with E-state index in [1.54, 1.807) is 19.9 Å². The van der Waals surface area contributed by atoms with Crippen LogP contribution >= 0.6 is 0 Å². The molecule has 24 heavy (non-hydrogen) atoms. The van der Waals surface area contributed by atoms with Crippen LogP contribution in [0.1, 0.15) is 63.0 Å². The van der Waals surface area contributed by atoms with E-state index in [1.165, 1.54) is 6.92 Å². The van der Waals surface area contributed by atoms with Crippen LogP contribution in [0.25, 0.3) is 0 Å². The van der Waals surface area contributed by atoms with Gasteiger partial charge < -0.3 is 20.2 Å². The lowest BCUT2D eigenvalue weighted by Crippen LogP contribution is -2.60. The number of hydrogen-bond donors (Lipinski definition) is 3. The zero-order valence-electron chi connectivity index (χ0n) is 15.0. The van der Waals surface area contributed by atoms with Gasteiger partial charge in [-0.1, -0.05) is 19.3 Å². The Kier molecular flexibility index (Phi) is 5.38. The molecule has 1 unspecified atom stereocenters. The van der Waals surface area contributed by atoms with Crippen LogP contribution in [-0.2, 0) is 15.2 Å². The van der Waals surface area contributed by atoms with Crippen molar-refractivity contribution in [3.63, 3.8) is 0 Å². The van der Waals surface area contributed by atoms with Gasteiger partial charge in [-0.25, -0.2) is 0 Å². The average molecular weight is 336 g/mol. The normalized spacial score (nSPS) is 19.4. The summed E-state index contributed by atoms with van der Waals surface area (Å²) in [6, 6.07) is 1.78. The molecule has 0 aliphatic heterocycles. The second kappa shape index (κ2) is 6.97. The van der Waals surface area contributed by atoms with E-state index >= 15 is 0 Å². The summed E-state index contributed by atoms with van der Waals surface area (Å²) in [5, 5.41) is 16.4. The van der Waals surface area contributed by atoms with Crippen molar-refractivity contribution in [2.45, 2.75) is 70.9 Å². The Bertz CT molecular complexity index is 613. The summed E-state index contributed by atoms with van der Waals surface area (Å²) in [7, 11) is 0. The highest BCUT2D eigenvalue weighted by Gasteiger charge is 2.41. The minimum atomic E-state index is -1.23. The molecule has 1 saturated carbocycles. The van der Waals surface area contributed by atoms with Gasteiger partial charge in [-0.2, -0.15) is 0 Å². The summed E-state index contributed by atoms with van der Waals surface area (Å²) in [6.45, 7) is 6.75. The van der Waals surface area contributed by atoms with Crippen LogP contribution in [0.4, 0.5) is 0 Å². The summed E-state index contributed by atoms with van der Waals surface area (Å²) >= 11 is 0. The number of amides is 2. The molecule has 0 saturated heterocycles. The van der Waals surface area contributed by atoms with Crippen molar-refractivity contribution in [3.05, 3.63) is 23.2 Å². The van der Waals surface area contributed by atoms with Gasteiger partial charge in [0.2, 0.25) is 11.8 Å². The monoisotopic (exact) mass is 336 g/mol. The molecular weight excluding hydrogens is 308 g/mol. The molecule has 0 bridgehead atoms. The van der Waals surface area contributed by atoms with Crippen molar-refractivity contribution in [2.24, 2.45) is 0 Å². The Morgan fingerprint density at radius 3 is 2.42 bits per heavy atom. The highest BCUT2D eigenvalue weighted by atomic mass is 16.3. The SMILES string of the molecule is CC(=O)NC1(C(=O)NCC(C)(O)c2cc(C)oc2C)CCCCC1. The fourth-order valence-electron chi connectivity index (χ4n) is 3.58. The van der Waals surface area contributed by atoms with Crippen molar-refractivity contribution in [3.8, 4) is 0 Å². The van der Waals surface area contributed by atoms with Crippen LogP contribution in [0.15, 0.2) is 10.5 Å². The van der Waals surface area contributed by atoms with E-state index in [1.807, 2.05) is 6.92 Å². The fraction of sp³-hybridized carbons (Fsp3) is 0.667. The molecule has 0 radical (unpaired) electrons. The third kappa shape index (κ3) is 3.98. The summed E-state index contributed by atoms with van der Waals surface area (Å²) in [4.78, 5) is 24.3. The minimum absolute atomic E-state index is 0.0625. The van der Waals surface area contributed by atoms with Crippen molar-refractivity contribution in [1.82, 2.24) is 10.6 Å². The maximum absolute atomic E-state index is 12.8. The predicted octanol–water partition coefficient (Wildman–Crippen LogP) is 2.06. The molecule has 1 aromatic rings. The zero-order valence-corrected chi connectivity index (χ0v) is 15.0. The molecule has 1 aliphatic rings. The van der Waals surface area contributed by atoms with Crippen LogP contribution in [0.3, 0.4) is 0 Å². The first kappa shape index (κ1) is 18.5. The third-order valence-corrected chi connectivity index (χ3v) is 4.77. The highest BCUT2D eigenvalue weighted by molar-refractivity contribution is 5.91. The number of carbonyl (C=O) groups excluding carboxylic acids is 2. The smallest absolute Gasteiger partial charge is 0.245 e. The first-order chi connectivity index (χ1) is 11.2. The summed E-state index contributed by atoms with van der Waals surface area (Å²) in [5.41, 5.74) is -1.43. The van der Waals surface area contributed by atoms with Gasteiger partial charge in [0.15, 0.2) is 0 Å². The molecule has 1 aromatic heterocycles. The molecule has 3 N–H and O–H groups in total. The number of furan rings is 1. The largest absolute Gasteiger partial charge is 0.466 e. The molecule has 134 valence electrons. The van der Waals surface area contributed by atoms with Crippen LogP contribution in [0.2, 0.25) is 0 Å². The van der Waals surface area contributed by atoms with E-state index in [9.17, 15) is 14.7 Å². The molecule has 1 heterocycles. The molecule has 1 fully saturated rings. The van der Waals surface area contributed by atoms with Crippen LogP contribution < -0.4 is 10.6 Å². The Morgan fingerprint density at radius 2 is 1.92 bits per heavy atom. The molecule has 0 aromatic carbocycles. The summed E-state index contributed by atoms with van der Waals surface area (Å²) in [5.74, 6) is 0.924. The highest BCUT2D eigenvalue weighted by Crippen LogP contribution is 2.30. The number of aryl methyl sites for hydroxylation is 2. The quantitative estimate of drug-likeness (QED) is 0.767. The Labute approximate surface area is 143 Å². The second-order valence-corrected chi connectivity index (χ2v) is 7.11. The lowest BCUT2D eigenvalue weighted by atomic mass is 9.80. The minimum Gasteiger partial charge on any atom is -0.466 e. The maximum Gasteiger partial charge on any atom is 0.245 e. The van der Waals surface area contributed by atoms with E-state index < -0.39 is 11.1 Å². The van der Waals surface area contributed by atoms with Crippen LogP contribution in [0, 0.1) is 13.8 Å². The first-order valence-corrected chi connectivity index (χ1v) is 8.53. The van der Waals surface area contributed by atoms with Crippen LogP contribution in [0.5, 0.6) is 0 Å². The van der Waals surface area contributed by atoms with Gasteiger partial charge in [0.1, 0.15) is 22.7 Å². The summed E-state index contributed by atoms with van der Waals surface area (Å²) in [6.07, 6.45) is 4.14. The molecule has 2 amide bonds. The third-order valence-electron chi connectivity index (χ3n) is 4.77. The lowest BCUT2D eigenvalue weighted by molar-refractivity contribution is -0.135. The molecule has 0 spiro atoms. The Hall–Kier alpha value is -1.82. The van der Waals surface area contributed by atoms with Gasteiger partial charge in [0.05, 0.1) is 6.54 Å². The zero-order chi connectivity index (χ0) is 18.0. The number of rotatable bonds is 5. The average Bonchev–Trinajstić information content (AvgIpc) is 2.84. The number of aliphatic hydroxyl groups is 1.